The van der Waals surface area contributed by atoms with Gasteiger partial charge >= 0.3 is 76.6 Å². The van der Waals surface area contributed by atoms with Crippen LogP contribution in [0, 0.1) is 0 Å². The van der Waals surface area contributed by atoms with E-state index in [0.717, 1.165) is 0 Å². The van der Waals surface area contributed by atoms with Crippen LogP contribution in [0.15, 0.2) is 30.3 Å². The number of rotatable bonds is 3. The monoisotopic (exact) mass is 256 g/mol. The van der Waals surface area contributed by atoms with Gasteiger partial charge in [-0.15, -0.1) is 0 Å². The van der Waals surface area contributed by atoms with Gasteiger partial charge in [0.05, 0.1) is 0 Å². The Kier molecular flexibility index (Phi) is 4.00. The molecular weight excluding hydrogens is 242 g/mol. The first-order valence-electron chi connectivity index (χ1n) is 4.18. The van der Waals surface area contributed by atoms with Gasteiger partial charge in [-0.25, -0.2) is 0 Å². The van der Waals surface area contributed by atoms with Gasteiger partial charge in [-0.2, -0.15) is 0 Å². The minimum atomic E-state index is -0.970. The molecule has 0 amide bonds. The Morgan fingerprint density at radius 3 is 2.00 bits per heavy atom. The molecule has 0 aliphatic rings. The summed E-state index contributed by atoms with van der Waals surface area (Å²) in [6, 6.07) is 11.0. The standard InChI is InChI=1S/C6H5.2C2H5.Sb/c1-2-4-6-5-3-1;2*1-2;/h1-5H;2*1H2,2H3;. The molecule has 0 radical (unpaired) electrons. The molecule has 0 spiro atoms. The molecule has 0 atom stereocenters. The van der Waals surface area contributed by atoms with Crippen LogP contribution < -0.4 is 3.51 Å². The predicted octanol–water partition coefficient (Wildman–Crippen LogP) is 2.43. The average Bonchev–Trinajstić information content (AvgIpc) is 2.09. The molecule has 1 aromatic carbocycles. The normalized spacial score (nSPS) is 10.5. The molecule has 0 aliphatic carbocycles. The van der Waals surface area contributed by atoms with Crippen LogP contribution in [-0.4, -0.2) is 20.2 Å². The Morgan fingerprint density at radius 2 is 1.55 bits per heavy atom. The quantitative estimate of drug-likeness (QED) is 0.729. The maximum absolute atomic E-state index is 2.33. The van der Waals surface area contributed by atoms with Crippen molar-refractivity contribution in [3.8, 4) is 0 Å². The predicted molar refractivity (Wildman–Crippen MR) is 52.8 cm³/mol. The van der Waals surface area contributed by atoms with E-state index in [1.807, 2.05) is 0 Å². The molecule has 0 saturated carbocycles. The fourth-order valence-corrected chi connectivity index (χ4v) is 6.28. The summed E-state index contributed by atoms with van der Waals surface area (Å²) in [5.41, 5.74) is 0. The third-order valence-electron chi connectivity index (χ3n) is 1.88. The van der Waals surface area contributed by atoms with Crippen LogP contribution in [0.2, 0.25) is 8.73 Å². The summed E-state index contributed by atoms with van der Waals surface area (Å²) >= 11 is -0.970. The van der Waals surface area contributed by atoms with Crippen LogP contribution in [0.5, 0.6) is 0 Å². The van der Waals surface area contributed by atoms with E-state index < -0.39 is 20.2 Å². The summed E-state index contributed by atoms with van der Waals surface area (Å²) in [6.45, 7) is 4.67. The van der Waals surface area contributed by atoms with Crippen molar-refractivity contribution in [2.75, 3.05) is 0 Å². The maximum atomic E-state index is 2.33. The Labute approximate surface area is 76.6 Å². The van der Waals surface area contributed by atoms with Gasteiger partial charge in [-0.3, -0.25) is 0 Å². The summed E-state index contributed by atoms with van der Waals surface area (Å²) in [4.78, 5) is 0. The fraction of sp³-hybridized carbons (Fsp3) is 0.400. The van der Waals surface area contributed by atoms with Crippen molar-refractivity contribution in [2.24, 2.45) is 0 Å². The zero-order chi connectivity index (χ0) is 8.10. The van der Waals surface area contributed by atoms with Crippen molar-refractivity contribution in [3.63, 3.8) is 0 Å². The second kappa shape index (κ2) is 4.82. The van der Waals surface area contributed by atoms with Crippen LogP contribution in [0.3, 0.4) is 0 Å². The van der Waals surface area contributed by atoms with E-state index in [2.05, 4.69) is 44.2 Å². The van der Waals surface area contributed by atoms with Crippen molar-refractivity contribution in [1.82, 2.24) is 0 Å². The molecule has 60 valence electrons. The first kappa shape index (κ1) is 9.13. The minimum absolute atomic E-state index is 0.970. The van der Waals surface area contributed by atoms with Gasteiger partial charge in [0.1, 0.15) is 0 Å². The number of benzene rings is 1. The molecule has 0 heterocycles. The topological polar surface area (TPSA) is 0 Å². The van der Waals surface area contributed by atoms with E-state index in [9.17, 15) is 0 Å². The Balaban J connectivity index is 2.74. The molecule has 0 saturated heterocycles. The Hall–Kier alpha value is 0.0382. The second-order valence-corrected chi connectivity index (χ2v) is 10.7. The van der Waals surface area contributed by atoms with Crippen molar-refractivity contribution in [1.29, 1.82) is 0 Å². The van der Waals surface area contributed by atoms with Gasteiger partial charge in [-0.05, 0) is 0 Å². The van der Waals surface area contributed by atoms with Gasteiger partial charge < -0.3 is 0 Å². The van der Waals surface area contributed by atoms with Gasteiger partial charge in [0.2, 0.25) is 0 Å². The van der Waals surface area contributed by atoms with Gasteiger partial charge in [-0.1, -0.05) is 0 Å². The zero-order valence-corrected chi connectivity index (χ0v) is 9.80. The first-order valence-corrected chi connectivity index (χ1v) is 9.07. The van der Waals surface area contributed by atoms with Crippen molar-refractivity contribution in [2.45, 2.75) is 22.6 Å². The van der Waals surface area contributed by atoms with E-state index in [-0.39, 0.29) is 0 Å². The first-order chi connectivity index (χ1) is 5.38. The van der Waals surface area contributed by atoms with Crippen LogP contribution >= 0.6 is 0 Å². The molecule has 11 heavy (non-hydrogen) atoms. The van der Waals surface area contributed by atoms with E-state index in [1.54, 1.807) is 3.51 Å². The molecule has 0 aliphatic heterocycles. The average molecular weight is 257 g/mol. The molecular formula is C10H15Sb. The van der Waals surface area contributed by atoms with E-state index in [0.29, 0.717) is 0 Å². The van der Waals surface area contributed by atoms with Crippen molar-refractivity contribution < 1.29 is 0 Å². The molecule has 0 fully saturated rings. The Morgan fingerprint density at radius 1 is 1.00 bits per heavy atom. The summed E-state index contributed by atoms with van der Waals surface area (Å²) < 4.78 is 4.53. The molecule has 1 rings (SSSR count). The number of hydrogen-bond acceptors (Lipinski definition) is 0. The second-order valence-electron chi connectivity index (χ2n) is 2.51. The molecule has 1 aromatic rings. The molecule has 0 nitrogen and oxygen atoms in total. The third-order valence-corrected chi connectivity index (χ3v) is 9.18. The zero-order valence-electron chi connectivity index (χ0n) is 7.25. The van der Waals surface area contributed by atoms with Crippen LogP contribution in [0.1, 0.15) is 13.8 Å². The summed E-state index contributed by atoms with van der Waals surface area (Å²) in [5, 5.41) is 0. The summed E-state index contributed by atoms with van der Waals surface area (Å²) in [7, 11) is 0. The van der Waals surface area contributed by atoms with Gasteiger partial charge in [0.15, 0.2) is 0 Å². The van der Waals surface area contributed by atoms with E-state index >= 15 is 0 Å². The SMILES string of the molecule is C[CH2][Sb]([CH2]C)[c]1ccccc1. The van der Waals surface area contributed by atoms with Crippen LogP contribution in [-0.2, 0) is 0 Å². The third kappa shape index (κ3) is 2.52. The molecule has 1 heteroatoms. The molecule has 0 unspecified atom stereocenters. The molecule has 0 N–H and O–H groups in total. The fourth-order valence-electron chi connectivity index (χ4n) is 1.23. The number of hydrogen-bond donors (Lipinski definition) is 0. The van der Waals surface area contributed by atoms with E-state index in [1.165, 1.54) is 8.73 Å². The van der Waals surface area contributed by atoms with E-state index in [4.69, 9.17) is 0 Å². The van der Waals surface area contributed by atoms with Crippen LogP contribution in [0.25, 0.3) is 0 Å². The Bertz CT molecular complexity index is 189. The van der Waals surface area contributed by atoms with Gasteiger partial charge in [0, 0.05) is 0 Å². The van der Waals surface area contributed by atoms with Crippen molar-refractivity contribution >= 4 is 23.7 Å². The van der Waals surface area contributed by atoms with Gasteiger partial charge in [0.25, 0.3) is 0 Å². The van der Waals surface area contributed by atoms with Crippen molar-refractivity contribution in [3.05, 3.63) is 30.3 Å². The molecule has 0 bridgehead atoms. The summed E-state index contributed by atoms with van der Waals surface area (Å²) in [6.07, 6.45) is 0. The summed E-state index contributed by atoms with van der Waals surface area (Å²) in [5.74, 6) is 0. The van der Waals surface area contributed by atoms with Crippen LogP contribution in [0.4, 0.5) is 0 Å². The molecule has 0 aromatic heterocycles.